The van der Waals surface area contributed by atoms with Gasteiger partial charge in [0.15, 0.2) is 0 Å². The maximum absolute atomic E-state index is 12.0. The lowest BCUT2D eigenvalue weighted by Gasteiger charge is -2.22. The molecule has 1 saturated carbocycles. The molecule has 0 bridgehead atoms. The van der Waals surface area contributed by atoms with Crippen LogP contribution in [-0.4, -0.2) is 36.7 Å². The molecule has 0 aromatic carbocycles. The Labute approximate surface area is 107 Å². The zero-order chi connectivity index (χ0) is 13.3. The molecule has 0 radical (unpaired) electrons. The topological polar surface area (TPSA) is 75.6 Å². The molecule has 1 aliphatic heterocycles. The summed E-state index contributed by atoms with van der Waals surface area (Å²) in [7, 11) is 0. The summed E-state index contributed by atoms with van der Waals surface area (Å²) >= 11 is 0. The lowest BCUT2D eigenvalue weighted by molar-refractivity contribution is -0.140. The summed E-state index contributed by atoms with van der Waals surface area (Å²) in [5.41, 5.74) is -0.418. The van der Waals surface area contributed by atoms with Crippen LogP contribution in [0.25, 0.3) is 0 Å². The van der Waals surface area contributed by atoms with Crippen LogP contribution in [-0.2, 0) is 14.3 Å². The Morgan fingerprint density at radius 3 is 2.61 bits per heavy atom. The van der Waals surface area contributed by atoms with Crippen molar-refractivity contribution in [2.45, 2.75) is 26.7 Å². The van der Waals surface area contributed by atoms with E-state index >= 15 is 0 Å². The SMILES string of the molecule is CC1(C)C(C(=O)O)C1C(=O)NCC1CCCOC1. The van der Waals surface area contributed by atoms with E-state index in [2.05, 4.69) is 5.32 Å². The van der Waals surface area contributed by atoms with E-state index in [1.165, 1.54) is 0 Å². The number of hydrogen-bond donors (Lipinski definition) is 2. The van der Waals surface area contributed by atoms with Crippen molar-refractivity contribution in [3.63, 3.8) is 0 Å². The first-order valence-electron chi connectivity index (χ1n) is 6.53. The lowest BCUT2D eigenvalue weighted by atomic mass is 10.0. The summed E-state index contributed by atoms with van der Waals surface area (Å²) in [5.74, 6) is -1.56. The van der Waals surface area contributed by atoms with Crippen LogP contribution < -0.4 is 5.32 Å². The second kappa shape index (κ2) is 4.88. The number of rotatable bonds is 4. The molecule has 102 valence electrons. The highest BCUT2D eigenvalue weighted by Crippen LogP contribution is 2.58. The molecule has 5 nitrogen and oxygen atoms in total. The summed E-state index contributed by atoms with van der Waals surface area (Å²) in [6.45, 7) is 5.76. The highest BCUT2D eigenvalue weighted by molar-refractivity contribution is 5.91. The van der Waals surface area contributed by atoms with Crippen LogP contribution in [0.5, 0.6) is 0 Å². The minimum Gasteiger partial charge on any atom is -0.481 e. The van der Waals surface area contributed by atoms with Gasteiger partial charge in [-0.25, -0.2) is 0 Å². The summed E-state index contributed by atoms with van der Waals surface area (Å²) in [6.07, 6.45) is 2.10. The van der Waals surface area contributed by atoms with Gasteiger partial charge in [-0.15, -0.1) is 0 Å². The average molecular weight is 255 g/mol. The van der Waals surface area contributed by atoms with E-state index in [4.69, 9.17) is 9.84 Å². The van der Waals surface area contributed by atoms with Crippen LogP contribution in [0.1, 0.15) is 26.7 Å². The van der Waals surface area contributed by atoms with Crippen molar-refractivity contribution in [3.05, 3.63) is 0 Å². The van der Waals surface area contributed by atoms with Gasteiger partial charge in [0.05, 0.1) is 18.4 Å². The third-order valence-corrected chi connectivity index (χ3v) is 4.20. The Bertz CT molecular complexity index is 347. The minimum atomic E-state index is -0.874. The molecule has 1 saturated heterocycles. The molecule has 5 heteroatoms. The molecular weight excluding hydrogens is 234 g/mol. The van der Waals surface area contributed by atoms with Gasteiger partial charge in [0.1, 0.15) is 0 Å². The number of hydrogen-bond acceptors (Lipinski definition) is 3. The van der Waals surface area contributed by atoms with E-state index in [1.54, 1.807) is 0 Å². The van der Waals surface area contributed by atoms with Gasteiger partial charge in [0.25, 0.3) is 0 Å². The van der Waals surface area contributed by atoms with Crippen LogP contribution in [0.15, 0.2) is 0 Å². The number of carbonyl (C=O) groups excluding carboxylic acids is 1. The Morgan fingerprint density at radius 2 is 2.11 bits per heavy atom. The summed E-state index contributed by atoms with van der Waals surface area (Å²) < 4.78 is 5.35. The van der Waals surface area contributed by atoms with Gasteiger partial charge >= 0.3 is 5.97 Å². The summed E-state index contributed by atoms with van der Waals surface area (Å²) in [4.78, 5) is 23.0. The summed E-state index contributed by atoms with van der Waals surface area (Å²) in [6, 6.07) is 0. The Balaban J connectivity index is 1.80. The van der Waals surface area contributed by atoms with Crippen molar-refractivity contribution in [2.24, 2.45) is 23.2 Å². The van der Waals surface area contributed by atoms with Crippen LogP contribution in [0.2, 0.25) is 0 Å². The normalized spacial score (nSPS) is 33.8. The Hall–Kier alpha value is -1.10. The standard InChI is InChI=1S/C13H21NO4/c1-13(2)9(10(13)12(16)17)11(15)14-6-8-4-3-5-18-7-8/h8-10H,3-7H2,1-2H3,(H,14,15)(H,16,17). The first-order chi connectivity index (χ1) is 8.44. The quantitative estimate of drug-likeness (QED) is 0.782. The van der Waals surface area contributed by atoms with Crippen LogP contribution >= 0.6 is 0 Å². The number of carbonyl (C=O) groups is 2. The molecule has 1 amide bonds. The Morgan fingerprint density at radius 1 is 1.39 bits per heavy atom. The minimum absolute atomic E-state index is 0.127. The number of aliphatic carboxylic acids is 1. The monoisotopic (exact) mass is 255 g/mol. The molecule has 18 heavy (non-hydrogen) atoms. The Kier molecular flexibility index (Phi) is 3.61. The van der Waals surface area contributed by atoms with E-state index < -0.39 is 17.3 Å². The average Bonchev–Trinajstić information content (AvgIpc) is 2.91. The second-order valence-corrected chi connectivity index (χ2v) is 5.94. The van der Waals surface area contributed by atoms with Gasteiger partial charge < -0.3 is 15.2 Å². The van der Waals surface area contributed by atoms with Crippen molar-refractivity contribution in [3.8, 4) is 0 Å². The fraction of sp³-hybridized carbons (Fsp3) is 0.846. The first-order valence-corrected chi connectivity index (χ1v) is 6.53. The molecule has 2 fully saturated rings. The first kappa shape index (κ1) is 13.3. The number of nitrogens with one attached hydrogen (secondary N) is 1. The number of carboxylic acids is 1. The third-order valence-electron chi connectivity index (χ3n) is 4.20. The van der Waals surface area contributed by atoms with Crippen molar-refractivity contribution in [1.29, 1.82) is 0 Å². The maximum Gasteiger partial charge on any atom is 0.307 e. The molecule has 0 aromatic rings. The van der Waals surface area contributed by atoms with Crippen LogP contribution in [0.3, 0.4) is 0 Å². The molecule has 3 atom stereocenters. The molecule has 0 spiro atoms. The van der Waals surface area contributed by atoms with Crippen molar-refractivity contribution in [1.82, 2.24) is 5.32 Å². The van der Waals surface area contributed by atoms with Gasteiger partial charge in [-0.3, -0.25) is 9.59 Å². The largest absolute Gasteiger partial charge is 0.481 e. The zero-order valence-corrected chi connectivity index (χ0v) is 10.9. The van der Waals surface area contributed by atoms with E-state index in [9.17, 15) is 9.59 Å². The molecule has 0 aromatic heterocycles. The van der Waals surface area contributed by atoms with Gasteiger partial charge in [-0.1, -0.05) is 13.8 Å². The molecule has 2 rings (SSSR count). The highest BCUT2D eigenvalue weighted by atomic mass is 16.5. The van der Waals surface area contributed by atoms with Gasteiger partial charge in [-0.05, 0) is 24.2 Å². The predicted octanol–water partition coefficient (Wildman–Crippen LogP) is 0.886. The van der Waals surface area contributed by atoms with E-state index in [0.717, 1.165) is 19.4 Å². The fourth-order valence-electron chi connectivity index (χ4n) is 2.91. The van der Waals surface area contributed by atoms with E-state index in [-0.39, 0.29) is 11.8 Å². The maximum atomic E-state index is 12.0. The molecular formula is C13H21NO4. The van der Waals surface area contributed by atoms with Crippen LogP contribution in [0.4, 0.5) is 0 Å². The molecule has 1 aliphatic carbocycles. The molecule has 2 aliphatic rings. The van der Waals surface area contributed by atoms with Crippen molar-refractivity contribution < 1.29 is 19.4 Å². The lowest BCUT2D eigenvalue weighted by Crippen LogP contribution is -2.35. The van der Waals surface area contributed by atoms with Gasteiger partial charge in [0, 0.05) is 13.2 Å². The molecule has 1 heterocycles. The van der Waals surface area contributed by atoms with Crippen molar-refractivity contribution >= 4 is 11.9 Å². The number of carboxylic acid groups (broad SMARTS) is 1. The van der Waals surface area contributed by atoms with Gasteiger partial charge in [-0.2, -0.15) is 0 Å². The van der Waals surface area contributed by atoms with Crippen molar-refractivity contribution in [2.75, 3.05) is 19.8 Å². The zero-order valence-electron chi connectivity index (χ0n) is 10.9. The van der Waals surface area contributed by atoms with E-state index in [1.807, 2.05) is 13.8 Å². The molecule has 2 N–H and O–H groups in total. The van der Waals surface area contributed by atoms with Crippen LogP contribution in [0, 0.1) is 23.2 Å². The number of amides is 1. The predicted molar refractivity (Wildman–Crippen MR) is 64.9 cm³/mol. The fourth-order valence-corrected chi connectivity index (χ4v) is 2.91. The number of ether oxygens (including phenoxy) is 1. The van der Waals surface area contributed by atoms with Gasteiger partial charge in [0.2, 0.25) is 5.91 Å². The summed E-state index contributed by atoms with van der Waals surface area (Å²) in [5, 5.41) is 11.9. The smallest absolute Gasteiger partial charge is 0.307 e. The van der Waals surface area contributed by atoms with E-state index in [0.29, 0.717) is 19.1 Å². The molecule has 3 unspecified atom stereocenters. The highest BCUT2D eigenvalue weighted by Gasteiger charge is 2.65. The second-order valence-electron chi connectivity index (χ2n) is 5.94. The third kappa shape index (κ3) is 2.51.